The zero-order valence-corrected chi connectivity index (χ0v) is 18.3. The van der Waals surface area contributed by atoms with E-state index in [1.807, 2.05) is 0 Å². The number of rotatable bonds is 8. The Morgan fingerprint density at radius 1 is 0.852 bits per heavy atom. The molecular weight excluding hydrogens is 517 g/mol. The second-order valence-electron chi connectivity index (χ2n) is 6.25. The number of hydrogen-bond donors (Lipinski definition) is 0. The van der Waals surface area contributed by atoms with Gasteiger partial charge in [0.1, 0.15) is 0 Å². The quantitative estimate of drug-likeness (QED) is 0.447. The van der Waals surface area contributed by atoms with Gasteiger partial charge in [0.2, 0.25) is 0 Å². The Hall–Kier alpha value is -1.92. The summed E-state index contributed by atoms with van der Waals surface area (Å²) in [5.74, 6) is 0. The molecule has 0 N–H and O–H groups in total. The third-order valence-corrected chi connectivity index (χ3v) is 4.24. The van der Waals surface area contributed by atoms with E-state index in [1.54, 1.807) is 0 Å². The van der Waals surface area contributed by atoms with E-state index < -0.39 is 0 Å². The van der Waals surface area contributed by atoms with Crippen LogP contribution < -0.4 is 9.80 Å². The Balaban J connectivity index is 0.00000118. The number of nitrogens with zero attached hydrogens (tertiary/aromatic N) is 5. The normalized spacial score (nSPS) is 15.0. The molecule has 2 aliphatic heterocycles. The van der Waals surface area contributed by atoms with Crippen molar-refractivity contribution in [2.45, 2.75) is 39.5 Å². The first-order valence-electron chi connectivity index (χ1n) is 9.19. The van der Waals surface area contributed by atoms with E-state index in [4.69, 9.17) is 11.8 Å². The van der Waals surface area contributed by atoms with Crippen molar-refractivity contribution < 1.29 is 21.1 Å². The average molecular weight is 545 g/mol. The molecule has 0 aromatic heterocycles. The zero-order valence-electron chi connectivity index (χ0n) is 16.0. The molecule has 0 atom stereocenters. The number of unbranched alkanes of at least 4 members (excludes halogenated alkanes) is 2. The fourth-order valence-electron chi connectivity index (χ4n) is 2.77. The molecule has 6 heteroatoms. The van der Waals surface area contributed by atoms with E-state index in [2.05, 4.69) is 95.8 Å². The zero-order chi connectivity index (χ0) is 18.8. The summed E-state index contributed by atoms with van der Waals surface area (Å²) >= 11 is 0. The van der Waals surface area contributed by atoms with Gasteiger partial charge in [-0.3, -0.25) is 0 Å². The Morgan fingerprint density at radius 2 is 1.30 bits per heavy atom. The molecule has 3 rings (SSSR count). The van der Waals surface area contributed by atoms with Crippen LogP contribution in [0.15, 0.2) is 43.0 Å². The van der Waals surface area contributed by atoms with Gasteiger partial charge in [0.05, 0.1) is 0 Å². The van der Waals surface area contributed by atoms with Crippen LogP contribution in [-0.4, -0.2) is 22.9 Å². The predicted octanol–water partition coefficient (Wildman–Crippen LogP) is 4.61. The summed E-state index contributed by atoms with van der Waals surface area (Å²) in [6.45, 7) is 15.6. The third-order valence-electron chi connectivity index (χ3n) is 4.24. The first-order chi connectivity index (χ1) is 12.8. The van der Waals surface area contributed by atoms with Gasteiger partial charge in [0.15, 0.2) is 0 Å². The van der Waals surface area contributed by atoms with Gasteiger partial charge in [-0.1, -0.05) is 26.7 Å². The van der Waals surface area contributed by atoms with Crippen LogP contribution in [0.3, 0.4) is 0 Å². The first-order valence-corrected chi connectivity index (χ1v) is 9.19. The molecule has 146 valence electrons. The summed E-state index contributed by atoms with van der Waals surface area (Å²) < 4.78 is 0. The molecule has 0 spiro atoms. The van der Waals surface area contributed by atoms with Gasteiger partial charge in [-0.2, -0.15) is 19.4 Å². The maximum absolute atomic E-state index is 6.25. The smallest absolute Gasteiger partial charge is 0.512 e. The monoisotopic (exact) mass is 544 g/mol. The van der Waals surface area contributed by atoms with Crippen LogP contribution in [0.2, 0.25) is 0 Å². The second kappa shape index (κ2) is 12.5. The van der Waals surface area contributed by atoms with Crippen molar-refractivity contribution in [3.63, 3.8) is 0 Å². The van der Waals surface area contributed by atoms with Crippen molar-refractivity contribution >= 4 is 11.4 Å². The Morgan fingerprint density at radius 3 is 1.70 bits per heavy atom. The summed E-state index contributed by atoms with van der Waals surface area (Å²) in [4.78, 5) is 8.73. The molecule has 1 aromatic rings. The van der Waals surface area contributed by atoms with Crippen molar-refractivity contribution in [1.29, 1.82) is 5.26 Å². The van der Waals surface area contributed by atoms with Crippen LogP contribution in [-0.2, 0) is 21.1 Å². The van der Waals surface area contributed by atoms with E-state index in [-0.39, 0.29) is 21.1 Å². The summed E-state index contributed by atoms with van der Waals surface area (Å²) in [6.07, 6.45) is 13.3. The van der Waals surface area contributed by atoms with Gasteiger partial charge in [-0.25, -0.2) is 0 Å². The van der Waals surface area contributed by atoms with Crippen molar-refractivity contribution in [3.8, 4) is 0 Å². The van der Waals surface area contributed by atoms with Gasteiger partial charge in [-0.05, 0) is 50.7 Å². The van der Waals surface area contributed by atoms with Gasteiger partial charge in [0.25, 0.3) is 0 Å². The molecule has 2 heterocycles. The van der Waals surface area contributed by atoms with E-state index in [1.165, 1.54) is 25.7 Å². The first kappa shape index (κ1) is 23.1. The molecule has 0 unspecified atom stereocenters. The van der Waals surface area contributed by atoms with Crippen LogP contribution in [0.4, 0.5) is 11.4 Å². The molecule has 0 bridgehead atoms. The molecule has 0 saturated carbocycles. The van der Waals surface area contributed by atoms with Gasteiger partial charge in [-0.15, -0.1) is 29.6 Å². The van der Waals surface area contributed by atoms with E-state index in [0.717, 1.165) is 24.5 Å². The minimum atomic E-state index is 0. The average Bonchev–Trinajstić information content (AvgIpc) is 3.36. The molecule has 1 aromatic carbocycles. The van der Waals surface area contributed by atoms with Crippen LogP contribution >= 0.6 is 0 Å². The molecule has 0 saturated heterocycles. The predicted molar refractivity (Wildman–Crippen MR) is 105 cm³/mol. The largest absolute Gasteiger partial charge is 4.00 e. The third kappa shape index (κ3) is 6.63. The van der Waals surface area contributed by atoms with Gasteiger partial charge < -0.3 is 31.4 Å². The van der Waals surface area contributed by atoms with Gasteiger partial charge >= 0.3 is 21.1 Å². The molecule has 0 aliphatic carbocycles. The SMILES string of the molecule is CCCCN1C=CN(c2[c-]c(N3C=CN(CCCC)[CH-]3)ccc2)[CH-]1.[C-]#N.[Pt+4]. The Labute approximate surface area is 178 Å². The maximum atomic E-state index is 6.25. The van der Waals surface area contributed by atoms with E-state index in [9.17, 15) is 0 Å². The van der Waals surface area contributed by atoms with E-state index >= 15 is 0 Å². The minimum Gasteiger partial charge on any atom is -0.512 e. The number of anilines is 2. The number of hydrogen-bond acceptors (Lipinski definition) is 5. The summed E-state index contributed by atoms with van der Waals surface area (Å²) in [7, 11) is 0. The summed E-state index contributed by atoms with van der Waals surface area (Å²) in [6, 6.07) is 9.81. The second-order valence-corrected chi connectivity index (χ2v) is 6.25. The summed E-state index contributed by atoms with van der Waals surface area (Å²) in [5.41, 5.74) is 2.13. The van der Waals surface area contributed by atoms with Crippen molar-refractivity contribution in [2.24, 2.45) is 0 Å². The molecule has 0 radical (unpaired) electrons. The number of benzene rings is 1. The maximum Gasteiger partial charge on any atom is 4.00 e. The Kier molecular flexibility index (Phi) is 10.7. The molecule has 5 nitrogen and oxygen atoms in total. The fraction of sp³-hybridized carbons (Fsp3) is 0.381. The van der Waals surface area contributed by atoms with Crippen molar-refractivity contribution in [3.05, 3.63) is 69.0 Å². The van der Waals surface area contributed by atoms with Crippen LogP contribution in [0.5, 0.6) is 0 Å². The topological polar surface area (TPSA) is 36.8 Å². The van der Waals surface area contributed by atoms with Crippen molar-refractivity contribution in [1.82, 2.24) is 9.80 Å². The molecular formula is C21H27N5Pt. The molecule has 27 heavy (non-hydrogen) atoms. The van der Waals surface area contributed by atoms with Crippen molar-refractivity contribution in [2.75, 3.05) is 22.9 Å². The van der Waals surface area contributed by atoms with Crippen LogP contribution in [0, 0.1) is 31.2 Å². The van der Waals surface area contributed by atoms with E-state index in [0.29, 0.717) is 0 Å². The minimum absolute atomic E-state index is 0. The Bertz CT molecular complexity index is 581. The molecule has 0 fully saturated rings. The fourth-order valence-corrected chi connectivity index (χ4v) is 2.77. The standard InChI is InChI=1S/C20H27N4.CN.Pt/c1-3-5-10-21-12-14-23(17-21)19-8-7-9-20(16-19)24-15-13-22(18-24)11-6-4-2;1-2;/h7-9,12-15,17-18H,3-6,10-11H2,1-2H3;;/q-3;-1;+4. The van der Waals surface area contributed by atoms with Gasteiger partial charge in [0, 0.05) is 0 Å². The van der Waals surface area contributed by atoms with Crippen LogP contribution in [0.25, 0.3) is 0 Å². The molecule has 0 amide bonds. The summed E-state index contributed by atoms with van der Waals surface area (Å²) in [5, 5.41) is 6.25. The molecule has 2 aliphatic rings. The van der Waals surface area contributed by atoms with Crippen LogP contribution in [0.1, 0.15) is 39.5 Å².